The second-order valence-corrected chi connectivity index (χ2v) is 18.7. The van der Waals surface area contributed by atoms with Crippen LogP contribution in [0, 0.1) is 17.2 Å². The van der Waals surface area contributed by atoms with Gasteiger partial charge < -0.3 is 25.0 Å². The van der Waals surface area contributed by atoms with Crippen LogP contribution in [-0.4, -0.2) is 84.1 Å². The fourth-order valence-electron chi connectivity index (χ4n) is 6.91. The first-order valence-electron chi connectivity index (χ1n) is 18.2. The number of likely N-dealkylation sites (tertiary alicyclic amines) is 1. The van der Waals surface area contributed by atoms with Gasteiger partial charge in [0.05, 0.1) is 36.3 Å². The second kappa shape index (κ2) is 16.4. The average Bonchev–Trinajstić information content (AvgIpc) is 3.43. The Morgan fingerprint density at radius 3 is 2.58 bits per heavy atom. The van der Waals surface area contributed by atoms with Crippen LogP contribution in [0.15, 0.2) is 60.6 Å². The third kappa shape index (κ3) is 8.98. The molecule has 1 aliphatic heterocycles. The van der Waals surface area contributed by atoms with Crippen molar-refractivity contribution in [2.75, 3.05) is 24.7 Å². The van der Waals surface area contributed by atoms with Gasteiger partial charge in [-0.1, -0.05) is 57.0 Å². The molecule has 2 aromatic carbocycles. The van der Waals surface area contributed by atoms with Crippen molar-refractivity contribution >= 4 is 78.2 Å². The Kier molecular flexibility index (Phi) is 12.1. The van der Waals surface area contributed by atoms with E-state index in [2.05, 4.69) is 31.9 Å². The van der Waals surface area contributed by atoms with Gasteiger partial charge in [-0.25, -0.2) is 22.8 Å². The van der Waals surface area contributed by atoms with Crippen LogP contribution in [0.1, 0.15) is 47.0 Å². The first kappa shape index (κ1) is 42.1. The van der Waals surface area contributed by atoms with E-state index in [1.54, 1.807) is 36.6 Å². The van der Waals surface area contributed by atoms with Crippen molar-refractivity contribution in [1.29, 1.82) is 0 Å². The van der Waals surface area contributed by atoms with Gasteiger partial charge in [0.2, 0.25) is 27.7 Å². The number of carbonyl (C=O) groups is 3. The number of nitrogens with zero attached hydrogens (tertiary/aromatic N) is 3. The SMILES string of the molecule is C=C[C@@H]1C[C@]1(NC(=O)[C@@H]1C[C@@H](Oc2ncc(OC)c3ccc(Cl)cc23)CN1C(=O)[C@@H](Nc1nc(-c2ccc(F)c(Cl)c2)cs1)C(C)(C)C)C(=O)NS(=O)(=O)CCC. The number of sulfonamides is 1. The molecule has 1 saturated carbocycles. The summed E-state index contributed by atoms with van der Waals surface area (Å²) in [5.74, 6) is -2.68. The fraction of sp³-hybridized carbons (Fsp3) is 0.410. The number of hydrogen-bond donors (Lipinski definition) is 3. The van der Waals surface area contributed by atoms with Gasteiger partial charge in [0, 0.05) is 39.1 Å². The molecular formula is C39H43Cl2FN6O7S2. The summed E-state index contributed by atoms with van der Waals surface area (Å²) in [6.07, 6.45) is 2.64. The summed E-state index contributed by atoms with van der Waals surface area (Å²) in [4.78, 5) is 53.3. The fourth-order valence-corrected chi connectivity index (χ4v) is 9.12. The Morgan fingerprint density at radius 2 is 1.93 bits per heavy atom. The number of amides is 3. The van der Waals surface area contributed by atoms with Gasteiger partial charge >= 0.3 is 0 Å². The predicted molar refractivity (Wildman–Crippen MR) is 219 cm³/mol. The molecule has 2 fully saturated rings. The number of halogens is 3. The summed E-state index contributed by atoms with van der Waals surface area (Å²) in [7, 11) is -2.45. The van der Waals surface area contributed by atoms with E-state index in [4.69, 9.17) is 32.7 Å². The molecule has 304 valence electrons. The molecule has 2 aliphatic rings. The molecule has 0 radical (unpaired) electrons. The van der Waals surface area contributed by atoms with Crippen LogP contribution >= 0.6 is 34.5 Å². The summed E-state index contributed by atoms with van der Waals surface area (Å²) >= 11 is 13.6. The van der Waals surface area contributed by atoms with Crippen LogP contribution in [0.4, 0.5) is 9.52 Å². The highest BCUT2D eigenvalue weighted by atomic mass is 35.5. The number of pyridine rings is 1. The topological polar surface area (TPSA) is 169 Å². The largest absolute Gasteiger partial charge is 0.494 e. The quantitative estimate of drug-likeness (QED) is 0.118. The van der Waals surface area contributed by atoms with Crippen LogP contribution in [0.3, 0.4) is 0 Å². The van der Waals surface area contributed by atoms with Crippen molar-refractivity contribution in [3.05, 3.63) is 76.5 Å². The molecule has 13 nitrogen and oxygen atoms in total. The zero-order valence-electron chi connectivity index (χ0n) is 31.9. The minimum absolute atomic E-state index is 0.00151. The number of thiazole rings is 1. The van der Waals surface area contributed by atoms with Gasteiger partial charge in [-0.05, 0) is 54.7 Å². The normalized spacial score (nSPS) is 21.1. The molecule has 1 saturated heterocycles. The molecule has 3 heterocycles. The molecule has 1 aliphatic carbocycles. The minimum Gasteiger partial charge on any atom is -0.494 e. The van der Waals surface area contributed by atoms with Gasteiger partial charge in [-0.15, -0.1) is 17.9 Å². The Labute approximate surface area is 344 Å². The minimum atomic E-state index is -3.96. The third-order valence-electron chi connectivity index (χ3n) is 10.00. The van der Waals surface area contributed by atoms with Crippen molar-refractivity contribution in [1.82, 2.24) is 24.9 Å². The molecule has 3 amide bonds. The number of methoxy groups -OCH3 is 1. The Bertz CT molecular complexity index is 2340. The van der Waals surface area contributed by atoms with Crippen molar-refractivity contribution in [2.45, 2.75) is 70.7 Å². The van der Waals surface area contributed by atoms with Crippen LogP contribution < -0.4 is 24.8 Å². The zero-order valence-corrected chi connectivity index (χ0v) is 35.0. The van der Waals surface area contributed by atoms with E-state index in [9.17, 15) is 27.2 Å². The molecule has 3 N–H and O–H groups in total. The highest BCUT2D eigenvalue weighted by molar-refractivity contribution is 7.90. The number of carbonyl (C=O) groups excluding carboxylic acids is 3. The predicted octanol–water partition coefficient (Wildman–Crippen LogP) is 6.60. The van der Waals surface area contributed by atoms with Crippen molar-refractivity contribution in [3.63, 3.8) is 0 Å². The lowest BCUT2D eigenvalue weighted by Crippen LogP contribution is -2.58. The summed E-state index contributed by atoms with van der Waals surface area (Å²) < 4.78 is 53.1. The Hall–Kier alpha value is -4.51. The summed E-state index contributed by atoms with van der Waals surface area (Å²) in [6.45, 7) is 11.0. The molecule has 0 unspecified atom stereocenters. The van der Waals surface area contributed by atoms with Crippen LogP contribution in [0.25, 0.3) is 22.0 Å². The van der Waals surface area contributed by atoms with E-state index in [0.717, 1.165) is 0 Å². The molecule has 5 atom stereocenters. The van der Waals surface area contributed by atoms with Crippen molar-refractivity contribution < 1.29 is 36.7 Å². The van der Waals surface area contributed by atoms with E-state index in [1.807, 2.05) is 20.8 Å². The molecule has 4 aromatic rings. The van der Waals surface area contributed by atoms with E-state index >= 15 is 0 Å². The van der Waals surface area contributed by atoms with Crippen molar-refractivity contribution in [2.24, 2.45) is 11.3 Å². The molecule has 18 heteroatoms. The van der Waals surface area contributed by atoms with E-state index in [1.165, 1.54) is 47.8 Å². The average molecular weight is 862 g/mol. The van der Waals surface area contributed by atoms with Gasteiger partial charge in [-0.2, -0.15) is 0 Å². The lowest BCUT2D eigenvalue weighted by Gasteiger charge is -2.35. The summed E-state index contributed by atoms with van der Waals surface area (Å²) in [5.41, 5.74) is -1.22. The number of anilines is 1. The lowest BCUT2D eigenvalue weighted by atomic mass is 9.85. The molecule has 2 aromatic heterocycles. The molecule has 6 rings (SSSR count). The van der Waals surface area contributed by atoms with Crippen LogP contribution in [0.5, 0.6) is 11.6 Å². The maximum atomic E-state index is 14.8. The Morgan fingerprint density at radius 1 is 1.18 bits per heavy atom. The molecule has 0 spiro atoms. The summed E-state index contributed by atoms with van der Waals surface area (Å²) in [5, 5.41) is 9.83. The van der Waals surface area contributed by atoms with Gasteiger partial charge in [0.1, 0.15) is 35.3 Å². The maximum Gasteiger partial charge on any atom is 0.259 e. The molecular weight excluding hydrogens is 819 g/mol. The van der Waals surface area contributed by atoms with E-state index < -0.39 is 68.6 Å². The van der Waals surface area contributed by atoms with Gasteiger partial charge in [-0.3, -0.25) is 19.1 Å². The van der Waals surface area contributed by atoms with Crippen molar-refractivity contribution in [3.8, 4) is 22.9 Å². The standard InChI is InChI=1S/C39H43Cl2FN6O7S2/c1-7-13-57(52,53)47-36(51)39(17-22(39)8-2)46-33(49)30-16-24(55-34-26-15-23(40)10-11-25(26)31(54-6)18-43-34)19-48(30)35(50)32(38(3,4)5)45-37-44-29(20-56-37)21-9-12-28(42)27(41)14-21/h8-12,14-15,18,20,22,24,30,32H,2,7,13,16-17,19H2,1,3-6H3,(H,44,45)(H,46,49)(H,47,51)/t22-,24-,30+,32-,39-/m1/s1. The van der Waals surface area contributed by atoms with E-state index in [0.29, 0.717) is 37.9 Å². The third-order valence-corrected chi connectivity index (χ3v) is 12.7. The maximum absolute atomic E-state index is 14.8. The number of aromatic nitrogens is 2. The van der Waals surface area contributed by atoms with Gasteiger partial charge in [0.15, 0.2) is 5.13 Å². The van der Waals surface area contributed by atoms with E-state index in [-0.39, 0.29) is 42.5 Å². The number of fused-ring (bicyclic) bond motifs is 1. The molecule has 57 heavy (non-hydrogen) atoms. The zero-order chi connectivity index (χ0) is 41.4. The van der Waals surface area contributed by atoms with Gasteiger partial charge in [0.25, 0.3) is 5.91 Å². The highest BCUT2D eigenvalue weighted by Gasteiger charge is 2.61. The van der Waals surface area contributed by atoms with Crippen LogP contribution in [-0.2, 0) is 24.4 Å². The number of benzene rings is 2. The number of hydrogen-bond acceptors (Lipinski definition) is 11. The number of rotatable bonds is 14. The monoisotopic (exact) mass is 860 g/mol. The Balaban J connectivity index is 1.32. The van der Waals surface area contributed by atoms with Crippen LogP contribution in [0.2, 0.25) is 10.0 Å². The second-order valence-electron chi connectivity index (χ2n) is 15.2. The first-order valence-corrected chi connectivity index (χ1v) is 21.4. The summed E-state index contributed by atoms with van der Waals surface area (Å²) in [6, 6.07) is 7.35. The highest BCUT2D eigenvalue weighted by Crippen LogP contribution is 2.45. The first-order chi connectivity index (χ1) is 26.9. The molecule has 0 bridgehead atoms. The number of ether oxygens (including phenoxy) is 2. The number of nitrogens with one attached hydrogen (secondary N) is 3. The smallest absolute Gasteiger partial charge is 0.259 e. The lowest BCUT2D eigenvalue weighted by molar-refractivity contribution is -0.141.